The van der Waals surface area contributed by atoms with Crippen LogP contribution in [-0.2, 0) is 4.79 Å². The van der Waals surface area contributed by atoms with E-state index in [0.717, 1.165) is 35.9 Å². The molecule has 3 heteroatoms. The van der Waals surface area contributed by atoms with E-state index in [1.165, 1.54) is 51.4 Å². The number of benzene rings is 1. The fourth-order valence-corrected chi connectivity index (χ4v) is 3.60. The Morgan fingerprint density at radius 1 is 0.929 bits per heavy atom. The third-order valence-corrected chi connectivity index (χ3v) is 5.33. The summed E-state index contributed by atoms with van der Waals surface area (Å²) in [6.45, 7) is 2.25. The molecule has 1 aromatic heterocycles. The Bertz CT molecular complexity index is 738. The molecule has 28 heavy (non-hydrogen) atoms. The molecule has 3 nitrogen and oxygen atoms in total. The van der Waals surface area contributed by atoms with E-state index in [0.29, 0.717) is 0 Å². The zero-order chi connectivity index (χ0) is 20.0. The maximum Gasteiger partial charge on any atom is 0.226 e. The molecule has 1 heterocycles. The van der Waals surface area contributed by atoms with Crippen LogP contribution in [0.4, 0.5) is 0 Å². The number of rotatable bonds is 14. The molecule has 152 valence electrons. The molecule has 0 radical (unpaired) electrons. The number of fused-ring (bicyclic) bond motifs is 1. The van der Waals surface area contributed by atoms with Crippen LogP contribution in [0.25, 0.3) is 10.9 Å². The van der Waals surface area contributed by atoms with Crippen LogP contribution in [0.2, 0.25) is 0 Å². The van der Waals surface area contributed by atoms with Crippen molar-refractivity contribution in [1.82, 2.24) is 4.98 Å². The van der Waals surface area contributed by atoms with Gasteiger partial charge in [-0.15, -0.1) is 0 Å². The Hall–Kier alpha value is -2.16. The number of hydrogen-bond acceptors (Lipinski definition) is 2. The summed E-state index contributed by atoms with van der Waals surface area (Å²) in [7, 11) is 0. The second kappa shape index (κ2) is 13.1. The normalized spacial score (nSPS) is 12.6. The quantitative estimate of drug-likeness (QED) is 0.294. The van der Waals surface area contributed by atoms with E-state index >= 15 is 0 Å². The summed E-state index contributed by atoms with van der Waals surface area (Å²) in [5, 5.41) is 1.09. The molecule has 1 aromatic carbocycles. The van der Waals surface area contributed by atoms with Crippen molar-refractivity contribution < 1.29 is 4.79 Å². The van der Waals surface area contributed by atoms with Crippen LogP contribution in [0.1, 0.15) is 89.2 Å². The Kier molecular flexibility index (Phi) is 10.3. The number of unbranched alkanes of at least 4 members (excludes halogenated alkanes) is 8. The van der Waals surface area contributed by atoms with Crippen LogP contribution in [0.15, 0.2) is 48.6 Å². The minimum absolute atomic E-state index is 0.270. The molecule has 1 atom stereocenters. The maximum absolute atomic E-state index is 11.9. The number of nitrogens with two attached hydrogens (primary N) is 1. The van der Waals surface area contributed by atoms with Gasteiger partial charge in [0.15, 0.2) is 0 Å². The first-order valence-corrected chi connectivity index (χ1v) is 11.0. The van der Waals surface area contributed by atoms with Gasteiger partial charge in [-0.05, 0) is 44.2 Å². The lowest BCUT2D eigenvalue weighted by Gasteiger charge is -2.13. The van der Waals surface area contributed by atoms with Crippen molar-refractivity contribution in [3.63, 3.8) is 0 Å². The van der Waals surface area contributed by atoms with E-state index in [1.807, 2.05) is 36.4 Å². The second-order valence-corrected chi connectivity index (χ2v) is 7.70. The average molecular weight is 381 g/mol. The lowest BCUT2D eigenvalue weighted by molar-refractivity contribution is -0.119. The molecular formula is C25H36N2O. The summed E-state index contributed by atoms with van der Waals surface area (Å²) in [6.07, 6.45) is 17.8. The van der Waals surface area contributed by atoms with Crippen LogP contribution in [0, 0.1) is 0 Å². The molecule has 0 bridgehead atoms. The summed E-state index contributed by atoms with van der Waals surface area (Å²) in [6, 6.07) is 12.0. The molecule has 2 aromatic rings. The van der Waals surface area contributed by atoms with Gasteiger partial charge in [-0.1, -0.05) is 81.9 Å². The van der Waals surface area contributed by atoms with E-state index < -0.39 is 0 Å². The van der Waals surface area contributed by atoms with E-state index in [2.05, 4.69) is 24.1 Å². The molecule has 2 N–H and O–H groups in total. The van der Waals surface area contributed by atoms with Gasteiger partial charge in [-0.25, -0.2) is 0 Å². The van der Waals surface area contributed by atoms with Crippen molar-refractivity contribution >= 4 is 16.8 Å². The van der Waals surface area contributed by atoms with Crippen LogP contribution >= 0.6 is 0 Å². The first-order valence-electron chi connectivity index (χ1n) is 11.0. The van der Waals surface area contributed by atoms with Crippen LogP contribution in [-0.4, -0.2) is 10.9 Å². The van der Waals surface area contributed by atoms with Gasteiger partial charge in [0, 0.05) is 5.39 Å². The Morgan fingerprint density at radius 2 is 1.61 bits per heavy atom. The number of carbonyl (C=O) groups excluding carboxylic acids is 1. The van der Waals surface area contributed by atoms with E-state index in [-0.39, 0.29) is 11.8 Å². The standard InChI is InChI=1S/C25H36N2O/c1-2-3-4-5-6-7-8-9-10-11-12-13-17-22(25(26)28)24-20-19-21-16-14-15-18-23(21)27-24/h7-8,14-16,18-20,22H,2-6,9-13,17H2,1H3,(H2,26,28)/b8-7-. The smallest absolute Gasteiger partial charge is 0.226 e. The molecule has 0 fully saturated rings. The topological polar surface area (TPSA) is 56.0 Å². The molecule has 1 amide bonds. The number of hydrogen-bond donors (Lipinski definition) is 1. The number of carbonyl (C=O) groups is 1. The van der Waals surface area contributed by atoms with Crippen molar-refractivity contribution in [3.05, 3.63) is 54.2 Å². The van der Waals surface area contributed by atoms with Crippen molar-refractivity contribution in [3.8, 4) is 0 Å². The molecular weight excluding hydrogens is 344 g/mol. The van der Waals surface area contributed by atoms with Gasteiger partial charge in [-0.3, -0.25) is 9.78 Å². The van der Waals surface area contributed by atoms with Gasteiger partial charge < -0.3 is 5.73 Å². The first-order chi connectivity index (χ1) is 13.7. The molecule has 2 rings (SSSR count). The third-order valence-electron chi connectivity index (χ3n) is 5.33. The van der Waals surface area contributed by atoms with Gasteiger partial charge in [0.05, 0.1) is 17.1 Å². The zero-order valence-corrected chi connectivity index (χ0v) is 17.4. The Balaban J connectivity index is 1.67. The summed E-state index contributed by atoms with van der Waals surface area (Å²) in [5.74, 6) is -0.554. The number of para-hydroxylation sites is 1. The number of primary amides is 1. The fourth-order valence-electron chi connectivity index (χ4n) is 3.60. The first kappa shape index (κ1) is 22.1. The zero-order valence-electron chi connectivity index (χ0n) is 17.4. The molecule has 0 saturated carbocycles. The van der Waals surface area contributed by atoms with Crippen LogP contribution in [0.5, 0.6) is 0 Å². The highest BCUT2D eigenvalue weighted by Gasteiger charge is 2.19. The third kappa shape index (κ3) is 7.84. The Labute approximate surface area is 170 Å². The van der Waals surface area contributed by atoms with E-state index in [9.17, 15) is 4.79 Å². The number of allylic oxidation sites excluding steroid dienone is 2. The predicted molar refractivity (Wildman–Crippen MR) is 119 cm³/mol. The second-order valence-electron chi connectivity index (χ2n) is 7.70. The van der Waals surface area contributed by atoms with Crippen molar-refractivity contribution in [1.29, 1.82) is 0 Å². The Morgan fingerprint density at radius 3 is 2.32 bits per heavy atom. The van der Waals surface area contributed by atoms with Crippen molar-refractivity contribution in [2.45, 2.75) is 83.5 Å². The highest BCUT2D eigenvalue weighted by atomic mass is 16.1. The molecule has 0 aliphatic heterocycles. The minimum atomic E-state index is -0.285. The fraction of sp³-hybridized carbons (Fsp3) is 0.520. The van der Waals surface area contributed by atoms with Crippen molar-refractivity contribution in [2.24, 2.45) is 5.73 Å². The summed E-state index contributed by atoms with van der Waals surface area (Å²) >= 11 is 0. The van der Waals surface area contributed by atoms with E-state index in [4.69, 9.17) is 5.73 Å². The van der Waals surface area contributed by atoms with Crippen molar-refractivity contribution in [2.75, 3.05) is 0 Å². The van der Waals surface area contributed by atoms with Crippen LogP contribution in [0.3, 0.4) is 0 Å². The highest BCUT2D eigenvalue weighted by Crippen LogP contribution is 2.23. The SMILES string of the molecule is CCCCCC/C=C\CCCCCCC(C(N)=O)c1ccc2ccccc2n1. The van der Waals surface area contributed by atoms with Gasteiger partial charge in [-0.2, -0.15) is 0 Å². The number of pyridine rings is 1. The summed E-state index contributed by atoms with van der Waals surface area (Å²) in [4.78, 5) is 16.6. The lowest BCUT2D eigenvalue weighted by Crippen LogP contribution is -2.22. The van der Waals surface area contributed by atoms with Crippen LogP contribution < -0.4 is 5.73 Å². The average Bonchev–Trinajstić information content (AvgIpc) is 2.71. The molecule has 0 spiro atoms. The number of aromatic nitrogens is 1. The highest BCUT2D eigenvalue weighted by molar-refractivity contribution is 5.83. The number of nitrogens with zero attached hydrogens (tertiary/aromatic N) is 1. The maximum atomic E-state index is 11.9. The largest absolute Gasteiger partial charge is 0.369 e. The summed E-state index contributed by atoms with van der Waals surface area (Å²) < 4.78 is 0. The number of amides is 1. The van der Waals surface area contributed by atoms with Gasteiger partial charge in [0.25, 0.3) is 0 Å². The van der Waals surface area contributed by atoms with Gasteiger partial charge in [0.1, 0.15) is 0 Å². The molecule has 0 aliphatic rings. The van der Waals surface area contributed by atoms with E-state index in [1.54, 1.807) is 0 Å². The van der Waals surface area contributed by atoms with Gasteiger partial charge in [0.2, 0.25) is 5.91 Å². The molecule has 0 saturated heterocycles. The minimum Gasteiger partial charge on any atom is -0.369 e. The summed E-state index contributed by atoms with van der Waals surface area (Å²) in [5.41, 5.74) is 7.39. The predicted octanol–water partition coefficient (Wildman–Crippen LogP) is 6.67. The monoisotopic (exact) mass is 380 g/mol. The lowest BCUT2D eigenvalue weighted by atomic mass is 9.95. The molecule has 0 aliphatic carbocycles. The van der Waals surface area contributed by atoms with Gasteiger partial charge >= 0.3 is 0 Å². The molecule has 1 unspecified atom stereocenters.